The van der Waals surface area contributed by atoms with Crippen molar-refractivity contribution in [1.82, 2.24) is 10.3 Å². The van der Waals surface area contributed by atoms with Crippen LogP contribution in [0.15, 0.2) is 0 Å². The van der Waals surface area contributed by atoms with Gasteiger partial charge >= 0.3 is 0 Å². The molecule has 1 rings (SSSR count). The minimum atomic E-state index is -0.387. The summed E-state index contributed by atoms with van der Waals surface area (Å²) in [6.07, 6.45) is 0. The third kappa shape index (κ3) is 0.594. The molecule has 0 bridgehead atoms. The van der Waals surface area contributed by atoms with Gasteiger partial charge in [-0.2, -0.15) is 0 Å². The van der Waals surface area contributed by atoms with E-state index >= 15 is 0 Å². The van der Waals surface area contributed by atoms with E-state index in [4.69, 9.17) is 10.4 Å². The van der Waals surface area contributed by atoms with Crippen LogP contribution >= 0.6 is 0 Å². The number of hydrogen-bond acceptors (Lipinski definition) is 4. The highest BCUT2D eigenvalue weighted by molar-refractivity contribution is 5.04. The molecule has 0 spiro atoms. The van der Waals surface area contributed by atoms with Gasteiger partial charge < -0.3 is 0 Å². The molecule has 1 fully saturated rings. The number of rotatable bonds is 0. The van der Waals surface area contributed by atoms with Crippen molar-refractivity contribution in [3.05, 3.63) is 0 Å². The molecule has 1 heterocycles. The molecule has 0 aromatic carbocycles. The summed E-state index contributed by atoms with van der Waals surface area (Å²) in [6, 6.07) is 0. The first kappa shape index (κ1) is 7.94. The topological polar surface area (TPSA) is 46.9 Å². The number of hydrogen-bond donors (Lipinski definition) is 2. The van der Waals surface area contributed by atoms with Gasteiger partial charge in [0.1, 0.15) is 0 Å². The number of hydroxylamine groups is 2. The number of nitrogens with zero attached hydrogens (tertiary/aromatic N) is 2. The van der Waals surface area contributed by atoms with E-state index in [1.54, 1.807) is 0 Å². The zero-order chi connectivity index (χ0) is 8.15. The number of hydrazine groups is 1. The first-order chi connectivity index (χ1) is 4.32. The van der Waals surface area contributed by atoms with Crippen molar-refractivity contribution in [3.8, 4) is 0 Å². The lowest BCUT2D eigenvalue weighted by Gasteiger charge is -2.61. The van der Waals surface area contributed by atoms with E-state index in [0.29, 0.717) is 0 Å². The highest BCUT2D eigenvalue weighted by atomic mass is 16.7. The molecule has 0 atom stereocenters. The predicted octanol–water partition coefficient (Wildman–Crippen LogP) is 0.855. The highest BCUT2D eigenvalue weighted by Crippen LogP contribution is 2.42. The van der Waals surface area contributed by atoms with Crippen molar-refractivity contribution in [2.75, 3.05) is 0 Å². The normalized spacial score (nSPS) is 31.8. The molecule has 1 aliphatic heterocycles. The molecular weight excluding hydrogens is 132 g/mol. The Balaban J connectivity index is 2.82. The van der Waals surface area contributed by atoms with Crippen LogP contribution in [-0.4, -0.2) is 31.8 Å². The van der Waals surface area contributed by atoms with Crippen molar-refractivity contribution < 1.29 is 10.4 Å². The average Bonchev–Trinajstić information content (AvgIpc) is 1.84. The van der Waals surface area contributed by atoms with Crippen LogP contribution < -0.4 is 0 Å². The van der Waals surface area contributed by atoms with Gasteiger partial charge in [-0.3, -0.25) is 10.4 Å². The second-order valence-corrected chi connectivity index (χ2v) is 3.70. The zero-order valence-electron chi connectivity index (χ0n) is 6.79. The fourth-order valence-electron chi connectivity index (χ4n) is 0.918. The second-order valence-electron chi connectivity index (χ2n) is 3.70. The van der Waals surface area contributed by atoms with Crippen molar-refractivity contribution in [3.63, 3.8) is 0 Å². The molecule has 0 aromatic rings. The summed E-state index contributed by atoms with van der Waals surface area (Å²) in [4.78, 5) is 0. The van der Waals surface area contributed by atoms with Gasteiger partial charge in [0.25, 0.3) is 0 Å². The maximum atomic E-state index is 9.09. The third-order valence-electron chi connectivity index (χ3n) is 2.68. The highest BCUT2D eigenvalue weighted by Gasteiger charge is 2.59. The largest absolute Gasteiger partial charge is 0.296 e. The van der Waals surface area contributed by atoms with E-state index in [2.05, 4.69) is 0 Å². The van der Waals surface area contributed by atoms with Gasteiger partial charge in [0.2, 0.25) is 0 Å². The maximum absolute atomic E-state index is 9.09. The Morgan fingerprint density at radius 1 is 0.800 bits per heavy atom. The predicted molar refractivity (Wildman–Crippen MR) is 35.4 cm³/mol. The van der Waals surface area contributed by atoms with Gasteiger partial charge in [-0.15, -0.1) is 0 Å². The third-order valence-corrected chi connectivity index (χ3v) is 2.68. The molecule has 0 aliphatic carbocycles. The van der Waals surface area contributed by atoms with Crippen LogP contribution in [0.4, 0.5) is 0 Å². The maximum Gasteiger partial charge on any atom is 0.0805 e. The first-order valence-electron chi connectivity index (χ1n) is 3.30. The van der Waals surface area contributed by atoms with E-state index in [-0.39, 0.29) is 11.1 Å². The quantitative estimate of drug-likeness (QED) is 0.532. The van der Waals surface area contributed by atoms with Crippen molar-refractivity contribution in [2.24, 2.45) is 0 Å². The van der Waals surface area contributed by atoms with Crippen molar-refractivity contribution in [1.29, 1.82) is 0 Å². The lowest BCUT2D eigenvalue weighted by Crippen LogP contribution is -2.80. The Labute approximate surface area is 60.5 Å². The molecule has 4 nitrogen and oxygen atoms in total. The lowest BCUT2D eigenvalue weighted by molar-refractivity contribution is -0.526. The van der Waals surface area contributed by atoms with Gasteiger partial charge in [-0.25, -0.2) is 0 Å². The van der Waals surface area contributed by atoms with Gasteiger partial charge in [-0.1, -0.05) is 10.3 Å². The fourth-order valence-corrected chi connectivity index (χ4v) is 0.918. The molecule has 0 radical (unpaired) electrons. The summed E-state index contributed by atoms with van der Waals surface area (Å²) in [5, 5.41) is 19.8. The van der Waals surface area contributed by atoms with E-state index < -0.39 is 0 Å². The monoisotopic (exact) mass is 146 g/mol. The Morgan fingerprint density at radius 3 is 1.10 bits per heavy atom. The smallest absolute Gasteiger partial charge is 0.0805 e. The van der Waals surface area contributed by atoms with Crippen LogP contribution in [0.3, 0.4) is 0 Å². The molecular formula is C6H14N2O2. The summed E-state index contributed by atoms with van der Waals surface area (Å²) in [5.74, 6) is 0. The van der Waals surface area contributed by atoms with Gasteiger partial charge in [0, 0.05) is 0 Å². The average molecular weight is 146 g/mol. The van der Waals surface area contributed by atoms with E-state index in [0.717, 1.165) is 10.3 Å². The van der Waals surface area contributed by atoms with Crippen LogP contribution in [0.25, 0.3) is 0 Å². The summed E-state index contributed by atoms with van der Waals surface area (Å²) < 4.78 is 0. The zero-order valence-corrected chi connectivity index (χ0v) is 6.79. The van der Waals surface area contributed by atoms with Crippen LogP contribution in [0.1, 0.15) is 27.7 Å². The Morgan fingerprint density at radius 2 is 1.00 bits per heavy atom. The minimum absolute atomic E-state index is 0.387. The summed E-state index contributed by atoms with van der Waals surface area (Å²) in [5.41, 5.74) is -0.774. The molecule has 4 heteroatoms. The van der Waals surface area contributed by atoms with Crippen LogP contribution in [-0.2, 0) is 0 Å². The van der Waals surface area contributed by atoms with Gasteiger partial charge in [0.15, 0.2) is 0 Å². The molecule has 0 amide bonds. The Kier molecular flexibility index (Phi) is 1.36. The minimum Gasteiger partial charge on any atom is -0.296 e. The Hall–Kier alpha value is -0.160. The van der Waals surface area contributed by atoms with Gasteiger partial charge in [-0.05, 0) is 27.7 Å². The lowest BCUT2D eigenvalue weighted by atomic mass is 9.79. The molecule has 0 saturated carbocycles. The van der Waals surface area contributed by atoms with Gasteiger partial charge in [0.05, 0.1) is 11.1 Å². The van der Waals surface area contributed by atoms with Crippen molar-refractivity contribution >= 4 is 0 Å². The van der Waals surface area contributed by atoms with E-state index in [1.807, 2.05) is 27.7 Å². The Bertz CT molecular complexity index is 138. The SMILES string of the molecule is CC1(C)N(O)N(O)C1(C)C. The molecule has 0 aromatic heterocycles. The molecule has 1 aliphatic rings. The molecule has 2 N–H and O–H groups in total. The molecule has 10 heavy (non-hydrogen) atoms. The second kappa shape index (κ2) is 1.71. The summed E-state index contributed by atoms with van der Waals surface area (Å²) in [6.45, 7) is 7.44. The summed E-state index contributed by atoms with van der Waals surface area (Å²) >= 11 is 0. The standard InChI is InChI=1S/C6H14N2O2/c1-5(2)6(3,4)8(10)7(5)9/h9-10H,1-4H3. The fraction of sp³-hybridized carbons (Fsp3) is 1.00. The molecule has 0 unspecified atom stereocenters. The van der Waals surface area contributed by atoms with Crippen molar-refractivity contribution in [2.45, 2.75) is 38.8 Å². The summed E-state index contributed by atoms with van der Waals surface area (Å²) in [7, 11) is 0. The van der Waals surface area contributed by atoms with E-state index in [1.165, 1.54) is 0 Å². The van der Waals surface area contributed by atoms with E-state index in [9.17, 15) is 0 Å². The first-order valence-corrected chi connectivity index (χ1v) is 3.30. The molecule has 60 valence electrons. The van der Waals surface area contributed by atoms with Crippen LogP contribution in [0, 0.1) is 0 Å². The molecule has 1 saturated heterocycles. The van der Waals surface area contributed by atoms with Crippen LogP contribution in [0.2, 0.25) is 0 Å². The van der Waals surface area contributed by atoms with Crippen LogP contribution in [0.5, 0.6) is 0 Å².